The fourth-order valence-corrected chi connectivity index (χ4v) is 4.36. The highest BCUT2D eigenvalue weighted by molar-refractivity contribution is 7.15. The summed E-state index contributed by atoms with van der Waals surface area (Å²) in [6.07, 6.45) is 12.4. The van der Waals surface area contributed by atoms with Gasteiger partial charge < -0.3 is 0 Å². The van der Waals surface area contributed by atoms with Gasteiger partial charge in [0.05, 0.1) is 0 Å². The summed E-state index contributed by atoms with van der Waals surface area (Å²) in [6, 6.07) is 12.8. The van der Waals surface area contributed by atoms with Crippen molar-refractivity contribution < 1.29 is 0 Å². The second-order valence-corrected chi connectivity index (χ2v) is 8.24. The number of hydrogen-bond donors (Lipinski definition) is 0. The van der Waals surface area contributed by atoms with Gasteiger partial charge in [0.2, 0.25) is 0 Å². The number of hydrogen-bond acceptors (Lipinski definition) is 3. The van der Waals surface area contributed by atoms with Crippen LogP contribution in [0.15, 0.2) is 49.6 Å². The molecule has 0 aliphatic rings. The molecule has 0 spiro atoms. The topological polar surface area (TPSA) is 0 Å². The van der Waals surface area contributed by atoms with Gasteiger partial charge in [-0.3, -0.25) is 0 Å². The number of thiophene rings is 3. The van der Waals surface area contributed by atoms with Gasteiger partial charge in [-0.15, -0.1) is 34.0 Å². The third-order valence-corrected chi connectivity index (χ3v) is 6.28. The summed E-state index contributed by atoms with van der Waals surface area (Å²) in [5.74, 6) is 0. The van der Waals surface area contributed by atoms with Gasteiger partial charge in [0.1, 0.15) is 0 Å². The monoisotopic (exact) mass is 352 g/mol. The van der Waals surface area contributed by atoms with Crippen molar-refractivity contribution in [2.75, 3.05) is 0 Å². The highest BCUT2D eigenvalue weighted by atomic mass is 32.1. The molecule has 23 heavy (non-hydrogen) atoms. The molecule has 0 radical (unpaired) electrons. The van der Waals surface area contributed by atoms with E-state index in [1.807, 2.05) is 12.2 Å². The first-order chi connectivity index (χ1) is 11.3. The van der Waals surface area contributed by atoms with Crippen molar-refractivity contribution in [3.8, 4) is 0 Å². The quantitative estimate of drug-likeness (QED) is 0.431. The lowest BCUT2D eigenvalue weighted by Gasteiger charge is -1.86. The van der Waals surface area contributed by atoms with Crippen LogP contribution in [0.2, 0.25) is 0 Å². The lowest BCUT2D eigenvalue weighted by Crippen LogP contribution is -1.58. The smallest absolute Gasteiger partial charge is 0.0277 e. The Hall–Kier alpha value is -1.94. The van der Waals surface area contributed by atoms with Gasteiger partial charge in [-0.05, 0) is 60.7 Å². The third-order valence-electron chi connectivity index (χ3n) is 3.17. The normalized spacial score (nSPS) is 11.5. The zero-order valence-electron chi connectivity index (χ0n) is 12.6. The summed E-state index contributed by atoms with van der Waals surface area (Å²) in [4.78, 5) is 7.43. The summed E-state index contributed by atoms with van der Waals surface area (Å²) < 4.78 is 0. The van der Waals surface area contributed by atoms with Crippen LogP contribution in [0.25, 0.3) is 36.5 Å². The summed E-state index contributed by atoms with van der Waals surface area (Å²) >= 11 is 5.29. The van der Waals surface area contributed by atoms with Crippen LogP contribution < -0.4 is 0 Å². The van der Waals surface area contributed by atoms with E-state index >= 15 is 0 Å². The van der Waals surface area contributed by atoms with Crippen LogP contribution in [-0.2, 0) is 0 Å². The van der Waals surface area contributed by atoms with Crippen LogP contribution in [0, 0.1) is 0 Å². The van der Waals surface area contributed by atoms with Crippen molar-refractivity contribution in [3.05, 3.63) is 78.8 Å². The van der Waals surface area contributed by atoms with E-state index in [1.165, 1.54) is 29.3 Å². The molecule has 0 saturated carbocycles. The average Bonchev–Trinajstić information content (AvgIpc) is 3.30. The SMILES string of the molecule is C=Cc1ccc(/C=C/c2ccc(/C=C/c3ccc(C=C)s3)s2)s1. The maximum atomic E-state index is 3.79. The van der Waals surface area contributed by atoms with Crippen molar-refractivity contribution >= 4 is 70.5 Å². The Morgan fingerprint density at radius 2 is 0.739 bits per heavy atom. The lowest BCUT2D eigenvalue weighted by atomic mass is 10.3. The van der Waals surface area contributed by atoms with Crippen molar-refractivity contribution in [3.63, 3.8) is 0 Å². The first-order valence-corrected chi connectivity index (χ1v) is 9.62. The van der Waals surface area contributed by atoms with E-state index in [9.17, 15) is 0 Å². The van der Waals surface area contributed by atoms with E-state index in [-0.39, 0.29) is 0 Å². The van der Waals surface area contributed by atoms with Crippen LogP contribution >= 0.6 is 34.0 Å². The molecule has 0 unspecified atom stereocenters. The molecule has 3 aromatic rings. The Bertz CT molecular complexity index is 797. The Kier molecular flexibility index (Phi) is 5.23. The summed E-state index contributed by atoms with van der Waals surface area (Å²) in [5, 5.41) is 0. The molecule has 0 atom stereocenters. The van der Waals surface area contributed by atoms with Gasteiger partial charge in [-0.25, -0.2) is 0 Å². The molecule has 0 N–H and O–H groups in total. The zero-order chi connectivity index (χ0) is 16.1. The van der Waals surface area contributed by atoms with Gasteiger partial charge in [0, 0.05) is 29.3 Å². The summed E-state index contributed by atoms with van der Waals surface area (Å²) in [7, 11) is 0. The summed E-state index contributed by atoms with van der Waals surface area (Å²) in [5.41, 5.74) is 0. The second kappa shape index (κ2) is 7.55. The molecule has 0 nitrogen and oxygen atoms in total. The Morgan fingerprint density at radius 1 is 0.478 bits per heavy atom. The van der Waals surface area contributed by atoms with Crippen molar-refractivity contribution in [1.29, 1.82) is 0 Å². The van der Waals surface area contributed by atoms with Crippen LogP contribution in [0.3, 0.4) is 0 Å². The molecular formula is C20H16S3. The van der Waals surface area contributed by atoms with E-state index in [4.69, 9.17) is 0 Å². The van der Waals surface area contributed by atoms with Crippen LogP contribution in [0.4, 0.5) is 0 Å². The maximum Gasteiger partial charge on any atom is 0.0277 e. The number of rotatable bonds is 6. The Labute approximate surface area is 149 Å². The third kappa shape index (κ3) is 4.29. The van der Waals surface area contributed by atoms with E-state index in [1.54, 1.807) is 34.0 Å². The minimum Gasteiger partial charge on any atom is -0.137 e. The minimum atomic E-state index is 1.20. The highest BCUT2D eigenvalue weighted by Crippen LogP contribution is 2.25. The molecule has 0 aliphatic carbocycles. The fraction of sp³-hybridized carbons (Fsp3) is 0. The Balaban J connectivity index is 1.67. The van der Waals surface area contributed by atoms with Crippen LogP contribution in [0.1, 0.15) is 29.3 Å². The molecule has 0 aliphatic heterocycles. The van der Waals surface area contributed by atoms with E-state index < -0.39 is 0 Å². The van der Waals surface area contributed by atoms with Gasteiger partial charge in [0.25, 0.3) is 0 Å². The largest absolute Gasteiger partial charge is 0.137 e. The van der Waals surface area contributed by atoms with Gasteiger partial charge in [0.15, 0.2) is 0 Å². The molecule has 3 rings (SSSR count). The first kappa shape index (κ1) is 15.9. The average molecular weight is 353 g/mol. The lowest BCUT2D eigenvalue weighted by molar-refractivity contribution is 1.90. The zero-order valence-corrected chi connectivity index (χ0v) is 15.0. The van der Waals surface area contributed by atoms with Gasteiger partial charge in [-0.1, -0.05) is 25.3 Å². The Morgan fingerprint density at radius 3 is 1.00 bits per heavy atom. The molecule has 0 amide bonds. The minimum absolute atomic E-state index is 1.20. The molecule has 0 aromatic carbocycles. The summed E-state index contributed by atoms with van der Waals surface area (Å²) in [6.45, 7) is 7.59. The molecule has 3 heterocycles. The molecule has 0 saturated heterocycles. The van der Waals surface area contributed by atoms with Crippen molar-refractivity contribution in [2.24, 2.45) is 0 Å². The second-order valence-electron chi connectivity index (χ2n) is 4.80. The van der Waals surface area contributed by atoms with Crippen LogP contribution in [-0.4, -0.2) is 0 Å². The molecule has 0 bridgehead atoms. The van der Waals surface area contributed by atoms with Crippen molar-refractivity contribution in [2.45, 2.75) is 0 Å². The highest BCUT2D eigenvalue weighted by Gasteiger charge is 1.97. The van der Waals surface area contributed by atoms with Crippen LogP contribution in [0.5, 0.6) is 0 Å². The fourth-order valence-electron chi connectivity index (χ4n) is 2.01. The molecule has 0 fully saturated rings. The van der Waals surface area contributed by atoms with Crippen molar-refractivity contribution in [1.82, 2.24) is 0 Å². The van der Waals surface area contributed by atoms with E-state index in [0.29, 0.717) is 0 Å². The standard InChI is InChI=1S/C20H16S3/c1-3-15-5-7-17(21-15)9-11-19-13-14-20(23-19)12-10-18-8-6-16(4-2)22-18/h3-14H,1-2H2/b11-9+,12-10+. The van der Waals surface area contributed by atoms with Gasteiger partial charge >= 0.3 is 0 Å². The predicted octanol–water partition coefficient (Wildman–Crippen LogP) is 7.50. The van der Waals surface area contributed by atoms with E-state index in [2.05, 4.69) is 73.9 Å². The maximum absolute atomic E-state index is 3.79. The molecule has 114 valence electrons. The molecule has 3 heteroatoms. The molecular weight excluding hydrogens is 336 g/mol. The molecule has 3 aromatic heterocycles. The first-order valence-electron chi connectivity index (χ1n) is 7.17. The predicted molar refractivity (Wildman–Crippen MR) is 111 cm³/mol. The van der Waals surface area contributed by atoms with E-state index in [0.717, 1.165) is 0 Å². The van der Waals surface area contributed by atoms with Gasteiger partial charge in [-0.2, -0.15) is 0 Å².